The lowest BCUT2D eigenvalue weighted by atomic mass is 10.1. The average Bonchev–Trinajstić information content (AvgIpc) is 2.83. The van der Waals surface area contributed by atoms with Crippen LogP contribution in [0.25, 0.3) is 21.9 Å². The molecule has 4 nitrogen and oxygen atoms in total. The smallest absolute Gasteiger partial charge is 0.224 e. The summed E-state index contributed by atoms with van der Waals surface area (Å²) in [5.74, 6) is -0.0144. The summed E-state index contributed by atoms with van der Waals surface area (Å²) in [6.45, 7) is 1.90. The molecule has 1 amide bonds. The number of hydrogen-bond acceptors (Lipinski definition) is 3. The van der Waals surface area contributed by atoms with Crippen LogP contribution in [0.5, 0.6) is 0 Å². The Morgan fingerprint density at radius 1 is 1.19 bits per heavy atom. The van der Waals surface area contributed by atoms with Gasteiger partial charge >= 0.3 is 0 Å². The van der Waals surface area contributed by atoms with E-state index in [0.29, 0.717) is 12.8 Å². The highest BCUT2D eigenvalue weighted by Crippen LogP contribution is 2.30. The second kappa shape index (κ2) is 5.58. The Hall–Kier alpha value is -2.33. The molecule has 3 rings (SSSR count). The molecule has 1 atom stereocenters. The van der Waals surface area contributed by atoms with E-state index in [1.807, 2.05) is 49.4 Å². The number of furan rings is 1. The average molecular weight is 282 g/mol. The second-order valence-electron chi connectivity index (χ2n) is 5.37. The summed E-state index contributed by atoms with van der Waals surface area (Å²) in [6, 6.07) is 13.6. The molecule has 0 aliphatic rings. The van der Waals surface area contributed by atoms with Gasteiger partial charge in [0.15, 0.2) is 0 Å². The summed E-state index contributed by atoms with van der Waals surface area (Å²) in [7, 11) is 0. The van der Waals surface area contributed by atoms with Crippen LogP contribution >= 0.6 is 0 Å². The molecule has 4 heteroatoms. The SMILES string of the molecule is CC(N)CCC(=O)Nc1ccc2oc3ccccc3c2c1. The largest absolute Gasteiger partial charge is 0.456 e. The van der Waals surface area contributed by atoms with Crippen LogP contribution < -0.4 is 11.1 Å². The first-order valence-corrected chi connectivity index (χ1v) is 7.10. The molecule has 0 aliphatic heterocycles. The van der Waals surface area contributed by atoms with Crippen LogP contribution in [0.2, 0.25) is 0 Å². The summed E-state index contributed by atoms with van der Waals surface area (Å²) in [5.41, 5.74) is 8.12. The standard InChI is InChI=1S/C17H18N2O2/c1-11(18)6-9-17(20)19-12-7-8-16-14(10-12)13-4-2-3-5-15(13)21-16/h2-5,7-8,10-11H,6,9,18H2,1H3,(H,19,20). The maximum atomic E-state index is 11.9. The van der Waals surface area contributed by atoms with Gasteiger partial charge in [-0.2, -0.15) is 0 Å². The Labute approximate surface area is 122 Å². The lowest BCUT2D eigenvalue weighted by Crippen LogP contribution is -2.19. The minimum atomic E-state index is -0.0144. The molecule has 21 heavy (non-hydrogen) atoms. The van der Waals surface area contributed by atoms with Crippen molar-refractivity contribution in [1.82, 2.24) is 0 Å². The van der Waals surface area contributed by atoms with Gasteiger partial charge in [0.25, 0.3) is 0 Å². The van der Waals surface area contributed by atoms with E-state index in [1.165, 1.54) is 0 Å². The summed E-state index contributed by atoms with van der Waals surface area (Å²) in [6.07, 6.45) is 1.12. The van der Waals surface area contributed by atoms with E-state index in [-0.39, 0.29) is 11.9 Å². The van der Waals surface area contributed by atoms with Gasteiger partial charge in [-0.3, -0.25) is 4.79 Å². The number of carbonyl (C=O) groups excluding carboxylic acids is 1. The molecule has 3 aromatic rings. The van der Waals surface area contributed by atoms with E-state index in [4.69, 9.17) is 10.2 Å². The first-order valence-electron chi connectivity index (χ1n) is 7.10. The fourth-order valence-corrected chi connectivity index (χ4v) is 2.39. The zero-order valence-corrected chi connectivity index (χ0v) is 11.9. The minimum absolute atomic E-state index is 0.0144. The van der Waals surface area contributed by atoms with Crippen molar-refractivity contribution >= 4 is 33.5 Å². The van der Waals surface area contributed by atoms with E-state index in [9.17, 15) is 4.79 Å². The van der Waals surface area contributed by atoms with Crippen LogP contribution in [-0.2, 0) is 4.79 Å². The Balaban J connectivity index is 1.86. The highest BCUT2D eigenvalue weighted by Gasteiger charge is 2.09. The van der Waals surface area contributed by atoms with Crippen molar-refractivity contribution in [3.63, 3.8) is 0 Å². The topological polar surface area (TPSA) is 68.3 Å². The van der Waals surface area contributed by atoms with E-state index in [2.05, 4.69) is 5.32 Å². The van der Waals surface area contributed by atoms with Crippen molar-refractivity contribution < 1.29 is 9.21 Å². The van der Waals surface area contributed by atoms with Crippen molar-refractivity contribution in [2.24, 2.45) is 5.73 Å². The summed E-state index contributed by atoms with van der Waals surface area (Å²) >= 11 is 0. The number of benzene rings is 2. The predicted octanol–water partition coefficient (Wildman–Crippen LogP) is 3.65. The number of para-hydroxylation sites is 1. The van der Waals surface area contributed by atoms with Crippen LogP contribution in [0.4, 0.5) is 5.69 Å². The monoisotopic (exact) mass is 282 g/mol. The molecule has 0 aliphatic carbocycles. The molecular weight excluding hydrogens is 264 g/mol. The number of hydrogen-bond donors (Lipinski definition) is 2. The maximum absolute atomic E-state index is 11.9. The molecule has 0 saturated carbocycles. The predicted molar refractivity (Wildman–Crippen MR) is 85.2 cm³/mol. The van der Waals surface area contributed by atoms with Gasteiger partial charge in [-0.15, -0.1) is 0 Å². The molecule has 0 spiro atoms. The van der Waals surface area contributed by atoms with Crippen LogP contribution in [0, 0.1) is 0 Å². The van der Waals surface area contributed by atoms with Gasteiger partial charge in [0.1, 0.15) is 11.2 Å². The van der Waals surface area contributed by atoms with E-state index in [0.717, 1.165) is 27.6 Å². The first kappa shape index (κ1) is 13.6. The molecule has 108 valence electrons. The quantitative estimate of drug-likeness (QED) is 0.767. The van der Waals surface area contributed by atoms with Gasteiger partial charge in [-0.05, 0) is 37.6 Å². The zero-order valence-electron chi connectivity index (χ0n) is 11.9. The van der Waals surface area contributed by atoms with Crippen molar-refractivity contribution in [1.29, 1.82) is 0 Å². The van der Waals surface area contributed by atoms with Crippen LogP contribution in [-0.4, -0.2) is 11.9 Å². The van der Waals surface area contributed by atoms with E-state index >= 15 is 0 Å². The van der Waals surface area contributed by atoms with Crippen LogP contribution in [0.15, 0.2) is 46.9 Å². The molecule has 1 aromatic heterocycles. The molecule has 1 heterocycles. The highest BCUT2D eigenvalue weighted by molar-refractivity contribution is 6.06. The third kappa shape index (κ3) is 2.90. The van der Waals surface area contributed by atoms with Gasteiger partial charge in [0.2, 0.25) is 5.91 Å². The number of nitrogens with two attached hydrogens (primary N) is 1. The van der Waals surface area contributed by atoms with Gasteiger partial charge in [0, 0.05) is 28.9 Å². The van der Waals surface area contributed by atoms with E-state index in [1.54, 1.807) is 0 Å². The molecule has 0 saturated heterocycles. The number of amides is 1. The number of carbonyl (C=O) groups is 1. The lowest BCUT2D eigenvalue weighted by Gasteiger charge is -2.07. The summed E-state index contributed by atoms with van der Waals surface area (Å²) in [4.78, 5) is 11.9. The Kier molecular flexibility index (Phi) is 3.62. The fourth-order valence-electron chi connectivity index (χ4n) is 2.39. The molecule has 0 radical (unpaired) electrons. The van der Waals surface area contributed by atoms with Gasteiger partial charge in [-0.25, -0.2) is 0 Å². The van der Waals surface area contributed by atoms with Crippen LogP contribution in [0.3, 0.4) is 0 Å². The third-order valence-electron chi connectivity index (χ3n) is 3.49. The second-order valence-corrected chi connectivity index (χ2v) is 5.37. The van der Waals surface area contributed by atoms with E-state index < -0.39 is 0 Å². The van der Waals surface area contributed by atoms with Crippen LogP contribution in [0.1, 0.15) is 19.8 Å². The maximum Gasteiger partial charge on any atom is 0.224 e. The number of fused-ring (bicyclic) bond motifs is 3. The normalized spacial score (nSPS) is 12.7. The fraction of sp³-hybridized carbons (Fsp3) is 0.235. The first-order chi connectivity index (χ1) is 10.1. The van der Waals surface area contributed by atoms with Crippen molar-refractivity contribution in [3.8, 4) is 0 Å². The van der Waals surface area contributed by atoms with Gasteiger partial charge < -0.3 is 15.5 Å². The number of nitrogens with one attached hydrogen (secondary N) is 1. The van der Waals surface area contributed by atoms with Gasteiger partial charge in [0.05, 0.1) is 0 Å². The number of rotatable bonds is 4. The van der Waals surface area contributed by atoms with Gasteiger partial charge in [-0.1, -0.05) is 18.2 Å². The van der Waals surface area contributed by atoms with Crippen molar-refractivity contribution in [2.75, 3.05) is 5.32 Å². The highest BCUT2D eigenvalue weighted by atomic mass is 16.3. The molecule has 3 N–H and O–H groups in total. The molecule has 2 aromatic carbocycles. The summed E-state index contributed by atoms with van der Waals surface area (Å²) in [5, 5.41) is 4.97. The Bertz CT molecular complexity index is 790. The lowest BCUT2D eigenvalue weighted by molar-refractivity contribution is -0.116. The Morgan fingerprint density at radius 2 is 1.95 bits per heavy atom. The molecule has 0 bridgehead atoms. The van der Waals surface area contributed by atoms with Crippen molar-refractivity contribution in [2.45, 2.75) is 25.8 Å². The Morgan fingerprint density at radius 3 is 2.76 bits per heavy atom. The number of anilines is 1. The zero-order chi connectivity index (χ0) is 14.8. The third-order valence-corrected chi connectivity index (χ3v) is 3.49. The molecule has 0 fully saturated rings. The van der Waals surface area contributed by atoms with Crippen molar-refractivity contribution in [3.05, 3.63) is 42.5 Å². The summed E-state index contributed by atoms with van der Waals surface area (Å²) < 4.78 is 5.76. The molecular formula is C17H18N2O2. The molecule has 1 unspecified atom stereocenters. The minimum Gasteiger partial charge on any atom is -0.456 e.